The summed E-state index contributed by atoms with van der Waals surface area (Å²) in [5.41, 5.74) is 5.88. The Morgan fingerprint density at radius 3 is 2.69 bits per heavy atom. The van der Waals surface area contributed by atoms with E-state index in [1.165, 1.54) is 0 Å². The normalized spacial score (nSPS) is 28.2. The van der Waals surface area contributed by atoms with Crippen molar-refractivity contribution in [2.24, 2.45) is 17.6 Å². The van der Waals surface area contributed by atoms with E-state index in [9.17, 15) is 9.90 Å². The highest BCUT2D eigenvalue weighted by molar-refractivity contribution is 5.81. The minimum absolute atomic E-state index is 0.0347. The lowest BCUT2D eigenvalue weighted by Crippen LogP contribution is -2.51. The zero-order valence-electron chi connectivity index (χ0n) is 10.5. The SMILES string of the molecule is CC(C)C[C@H](N)C(=O)N1CCC(O)C(C)C1. The first-order valence-electron chi connectivity index (χ1n) is 6.14. The summed E-state index contributed by atoms with van der Waals surface area (Å²) >= 11 is 0. The van der Waals surface area contributed by atoms with E-state index in [4.69, 9.17) is 5.73 Å². The molecule has 4 heteroatoms. The number of aliphatic hydroxyl groups is 1. The van der Waals surface area contributed by atoms with Crippen LogP contribution in [0.1, 0.15) is 33.6 Å². The summed E-state index contributed by atoms with van der Waals surface area (Å²) in [4.78, 5) is 13.8. The van der Waals surface area contributed by atoms with Crippen LogP contribution in [-0.4, -0.2) is 41.1 Å². The molecule has 1 fully saturated rings. The number of rotatable bonds is 3. The molecule has 1 amide bonds. The second-order valence-electron chi connectivity index (χ2n) is 5.35. The molecular formula is C12H24N2O2. The highest BCUT2D eigenvalue weighted by Crippen LogP contribution is 2.18. The quantitative estimate of drug-likeness (QED) is 0.743. The van der Waals surface area contributed by atoms with Gasteiger partial charge in [0.25, 0.3) is 0 Å². The zero-order chi connectivity index (χ0) is 12.3. The van der Waals surface area contributed by atoms with Crippen molar-refractivity contribution in [1.29, 1.82) is 0 Å². The Balaban J connectivity index is 2.48. The molecule has 94 valence electrons. The molecule has 0 bridgehead atoms. The van der Waals surface area contributed by atoms with Gasteiger partial charge in [-0.3, -0.25) is 4.79 Å². The molecule has 3 atom stereocenters. The summed E-state index contributed by atoms with van der Waals surface area (Å²) < 4.78 is 0. The molecule has 0 spiro atoms. The molecule has 1 aliphatic rings. The fourth-order valence-electron chi connectivity index (χ4n) is 2.18. The summed E-state index contributed by atoms with van der Waals surface area (Å²) in [5, 5.41) is 9.59. The molecule has 0 aliphatic carbocycles. The summed E-state index contributed by atoms with van der Waals surface area (Å²) in [5.74, 6) is 0.628. The molecule has 1 heterocycles. The molecule has 0 saturated carbocycles. The lowest BCUT2D eigenvalue weighted by Gasteiger charge is -2.35. The maximum absolute atomic E-state index is 12.0. The first-order chi connectivity index (χ1) is 7.41. The van der Waals surface area contributed by atoms with E-state index in [0.29, 0.717) is 25.4 Å². The van der Waals surface area contributed by atoms with Crippen LogP contribution in [0.2, 0.25) is 0 Å². The van der Waals surface area contributed by atoms with Gasteiger partial charge in [0.2, 0.25) is 5.91 Å². The van der Waals surface area contributed by atoms with Crippen molar-refractivity contribution in [1.82, 2.24) is 4.90 Å². The van der Waals surface area contributed by atoms with E-state index in [-0.39, 0.29) is 24.0 Å². The Kier molecular flexibility index (Phi) is 4.74. The molecule has 3 N–H and O–H groups in total. The molecule has 2 unspecified atom stereocenters. The van der Waals surface area contributed by atoms with Crippen LogP contribution in [-0.2, 0) is 4.79 Å². The number of nitrogens with zero attached hydrogens (tertiary/aromatic N) is 1. The van der Waals surface area contributed by atoms with Crippen LogP contribution in [0.4, 0.5) is 0 Å². The van der Waals surface area contributed by atoms with Crippen LogP contribution in [0.15, 0.2) is 0 Å². The summed E-state index contributed by atoms with van der Waals surface area (Å²) in [6, 6.07) is -0.387. The third kappa shape index (κ3) is 3.46. The number of hydrogen-bond donors (Lipinski definition) is 2. The number of aliphatic hydroxyl groups excluding tert-OH is 1. The van der Waals surface area contributed by atoms with E-state index >= 15 is 0 Å². The standard InChI is InChI=1S/C12H24N2O2/c1-8(2)6-10(13)12(16)14-5-4-11(15)9(3)7-14/h8-11,15H,4-7,13H2,1-3H3/t9?,10-,11?/m0/s1. The molecule has 0 aromatic carbocycles. The van der Waals surface area contributed by atoms with Crippen molar-refractivity contribution in [3.8, 4) is 0 Å². The average molecular weight is 228 g/mol. The van der Waals surface area contributed by atoms with Gasteiger partial charge < -0.3 is 15.7 Å². The lowest BCUT2D eigenvalue weighted by atomic mass is 9.95. The summed E-state index contributed by atoms with van der Waals surface area (Å²) in [7, 11) is 0. The van der Waals surface area contributed by atoms with Gasteiger partial charge in [-0.2, -0.15) is 0 Å². The Hall–Kier alpha value is -0.610. The predicted octanol–water partition coefficient (Wildman–Crippen LogP) is 0.589. The molecular weight excluding hydrogens is 204 g/mol. The molecule has 0 aromatic heterocycles. The van der Waals surface area contributed by atoms with Gasteiger partial charge in [0, 0.05) is 13.1 Å². The largest absolute Gasteiger partial charge is 0.393 e. The van der Waals surface area contributed by atoms with E-state index in [0.717, 1.165) is 6.42 Å². The molecule has 0 radical (unpaired) electrons. The maximum Gasteiger partial charge on any atom is 0.239 e. The van der Waals surface area contributed by atoms with Crippen LogP contribution in [0.3, 0.4) is 0 Å². The summed E-state index contributed by atoms with van der Waals surface area (Å²) in [6.07, 6.45) is 1.12. The Labute approximate surface area is 97.8 Å². The number of hydrogen-bond acceptors (Lipinski definition) is 3. The minimum Gasteiger partial charge on any atom is -0.393 e. The van der Waals surface area contributed by atoms with Gasteiger partial charge in [0.1, 0.15) is 0 Å². The number of carbonyl (C=O) groups is 1. The van der Waals surface area contributed by atoms with Gasteiger partial charge in [-0.15, -0.1) is 0 Å². The van der Waals surface area contributed by atoms with Crippen LogP contribution in [0, 0.1) is 11.8 Å². The predicted molar refractivity (Wildman–Crippen MR) is 63.8 cm³/mol. The number of carbonyl (C=O) groups excluding carboxylic acids is 1. The number of likely N-dealkylation sites (tertiary alicyclic amines) is 1. The number of nitrogens with two attached hydrogens (primary N) is 1. The molecule has 1 saturated heterocycles. The molecule has 1 aliphatic heterocycles. The number of piperidine rings is 1. The first-order valence-corrected chi connectivity index (χ1v) is 6.14. The highest BCUT2D eigenvalue weighted by Gasteiger charge is 2.29. The third-order valence-electron chi connectivity index (χ3n) is 3.21. The molecule has 1 rings (SSSR count). The lowest BCUT2D eigenvalue weighted by molar-refractivity contribution is -0.136. The Bertz CT molecular complexity index is 243. The smallest absolute Gasteiger partial charge is 0.239 e. The van der Waals surface area contributed by atoms with Gasteiger partial charge in [0.05, 0.1) is 12.1 Å². The van der Waals surface area contributed by atoms with Crippen LogP contribution in [0.5, 0.6) is 0 Å². The zero-order valence-corrected chi connectivity index (χ0v) is 10.5. The average Bonchev–Trinajstić information content (AvgIpc) is 2.20. The van der Waals surface area contributed by atoms with Crippen molar-refractivity contribution >= 4 is 5.91 Å². The molecule has 4 nitrogen and oxygen atoms in total. The fraction of sp³-hybridized carbons (Fsp3) is 0.917. The van der Waals surface area contributed by atoms with Gasteiger partial charge >= 0.3 is 0 Å². The van der Waals surface area contributed by atoms with Crippen LogP contribution < -0.4 is 5.73 Å². The third-order valence-corrected chi connectivity index (χ3v) is 3.21. The van der Waals surface area contributed by atoms with E-state index < -0.39 is 0 Å². The van der Waals surface area contributed by atoms with Gasteiger partial charge in [0.15, 0.2) is 0 Å². The van der Waals surface area contributed by atoms with Gasteiger partial charge in [-0.1, -0.05) is 20.8 Å². The highest BCUT2D eigenvalue weighted by atomic mass is 16.3. The summed E-state index contributed by atoms with van der Waals surface area (Å²) in [6.45, 7) is 7.37. The molecule has 0 aromatic rings. The topological polar surface area (TPSA) is 66.6 Å². The first kappa shape index (κ1) is 13.5. The Morgan fingerprint density at radius 1 is 1.56 bits per heavy atom. The maximum atomic E-state index is 12.0. The van der Waals surface area contributed by atoms with Crippen LogP contribution in [0.25, 0.3) is 0 Å². The molecule has 16 heavy (non-hydrogen) atoms. The monoisotopic (exact) mass is 228 g/mol. The van der Waals surface area contributed by atoms with E-state index in [2.05, 4.69) is 13.8 Å². The number of amides is 1. The van der Waals surface area contributed by atoms with E-state index in [1.54, 1.807) is 4.90 Å². The van der Waals surface area contributed by atoms with Crippen molar-refractivity contribution in [3.63, 3.8) is 0 Å². The second-order valence-corrected chi connectivity index (χ2v) is 5.35. The minimum atomic E-state index is -0.387. The van der Waals surface area contributed by atoms with Gasteiger partial charge in [-0.25, -0.2) is 0 Å². The second kappa shape index (κ2) is 5.64. The van der Waals surface area contributed by atoms with Crippen molar-refractivity contribution < 1.29 is 9.90 Å². The Morgan fingerprint density at radius 2 is 2.19 bits per heavy atom. The van der Waals surface area contributed by atoms with Gasteiger partial charge in [-0.05, 0) is 24.7 Å². The van der Waals surface area contributed by atoms with Crippen LogP contribution >= 0.6 is 0 Å². The van der Waals surface area contributed by atoms with Crippen molar-refractivity contribution in [2.75, 3.05) is 13.1 Å². The van der Waals surface area contributed by atoms with Crippen molar-refractivity contribution in [3.05, 3.63) is 0 Å². The fourth-order valence-corrected chi connectivity index (χ4v) is 2.18. The van der Waals surface area contributed by atoms with Crippen molar-refractivity contribution in [2.45, 2.75) is 45.8 Å². The van der Waals surface area contributed by atoms with E-state index in [1.807, 2.05) is 6.92 Å².